The van der Waals surface area contributed by atoms with Gasteiger partial charge in [-0.1, -0.05) is 6.92 Å². The van der Waals surface area contributed by atoms with E-state index in [-0.39, 0.29) is 17.8 Å². The molecule has 2 heterocycles. The van der Waals surface area contributed by atoms with E-state index in [2.05, 4.69) is 15.6 Å². The number of thiazole rings is 1. The second-order valence-electron chi connectivity index (χ2n) is 6.02. The fourth-order valence-electron chi connectivity index (χ4n) is 2.80. The third-order valence-electron chi connectivity index (χ3n) is 4.36. The molecule has 0 spiro atoms. The van der Waals surface area contributed by atoms with Crippen molar-refractivity contribution in [1.29, 1.82) is 0 Å². The van der Waals surface area contributed by atoms with Crippen LogP contribution in [0.25, 0.3) is 0 Å². The Morgan fingerprint density at radius 2 is 2.04 bits per heavy atom. The second-order valence-corrected chi connectivity index (χ2v) is 9.23. The van der Waals surface area contributed by atoms with Gasteiger partial charge in [0.2, 0.25) is 5.91 Å². The van der Waals surface area contributed by atoms with Crippen molar-refractivity contribution in [2.75, 3.05) is 19.3 Å². The molecule has 1 atom stereocenters. The van der Waals surface area contributed by atoms with Crippen molar-refractivity contribution in [3.8, 4) is 0 Å². The number of piperidine rings is 1. The number of amides is 1. The lowest BCUT2D eigenvalue weighted by atomic mass is 9.95. The molecule has 1 aromatic heterocycles. The summed E-state index contributed by atoms with van der Waals surface area (Å²) >= 11 is 0.797. The summed E-state index contributed by atoms with van der Waals surface area (Å²) in [5, 5.41) is 6.61. The minimum absolute atomic E-state index is 0.112. The molecule has 0 radical (unpaired) electrons. The molecule has 6 nitrogen and oxygen atoms in total. The number of nitrogens with one attached hydrogen (secondary N) is 2. The fraction of sp³-hybridized carbons (Fsp3) is 0.714. The van der Waals surface area contributed by atoms with Gasteiger partial charge in [-0.3, -0.25) is 4.79 Å². The highest BCUT2D eigenvalue weighted by Crippen LogP contribution is 2.33. The van der Waals surface area contributed by atoms with E-state index in [9.17, 15) is 26.4 Å². The first kappa shape index (κ1) is 20.1. The molecule has 0 aromatic carbocycles. The number of aromatic nitrogens is 1. The maximum Gasteiger partial charge on any atom is 0.434 e. The van der Waals surface area contributed by atoms with Crippen molar-refractivity contribution in [2.45, 2.75) is 43.2 Å². The van der Waals surface area contributed by atoms with E-state index in [1.807, 2.05) is 0 Å². The molecule has 1 aliphatic rings. The van der Waals surface area contributed by atoms with Crippen molar-refractivity contribution in [1.82, 2.24) is 15.6 Å². The Labute approximate surface area is 148 Å². The minimum Gasteiger partial charge on any atom is -0.345 e. The predicted molar refractivity (Wildman–Crippen MR) is 88.0 cm³/mol. The summed E-state index contributed by atoms with van der Waals surface area (Å²) in [6.07, 6.45) is -2.99. The molecule has 1 aliphatic heterocycles. The number of carbonyl (C=O) groups is 1. The predicted octanol–water partition coefficient (Wildman–Crippen LogP) is 1.90. The van der Waals surface area contributed by atoms with Gasteiger partial charge in [-0.05, 0) is 32.4 Å². The SMILES string of the molecule is CCC(NC(=O)C1(S(C)(=O)=O)CCNCC1)c1nc(C(F)(F)F)cs1. The Bertz CT molecular complexity index is 725. The average molecular weight is 399 g/mol. The van der Waals surface area contributed by atoms with E-state index < -0.39 is 38.4 Å². The molecule has 25 heavy (non-hydrogen) atoms. The highest BCUT2D eigenvalue weighted by atomic mass is 32.2. The molecule has 1 aromatic rings. The van der Waals surface area contributed by atoms with Gasteiger partial charge in [-0.15, -0.1) is 11.3 Å². The summed E-state index contributed by atoms with van der Waals surface area (Å²) < 4.78 is 61.1. The monoisotopic (exact) mass is 399 g/mol. The largest absolute Gasteiger partial charge is 0.434 e. The summed E-state index contributed by atoms with van der Waals surface area (Å²) in [7, 11) is -3.69. The van der Waals surface area contributed by atoms with Crippen LogP contribution in [-0.4, -0.2) is 43.4 Å². The Morgan fingerprint density at radius 1 is 1.44 bits per heavy atom. The van der Waals surface area contributed by atoms with E-state index in [1.54, 1.807) is 6.92 Å². The minimum atomic E-state index is -4.56. The van der Waals surface area contributed by atoms with Crippen molar-refractivity contribution in [3.63, 3.8) is 0 Å². The van der Waals surface area contributed by atoms with Gasteiger partial charge in [0.05, 0.1) is 6.04 Å². The fourth-order valence-corrected chi connectivity index (χ4v) is 5.10. The van der Waals surface area contributed by atoms with Gasteiger partial charge in [-0.25, -0.2) is 13.4 Å². The van der Waals surface area contributed by atoms with Gasteiger partial charge in [0, 0.05) is 11.6 Å². The third-order valence-corrected chi connectivity index (χ3v) is 7.33. The molecule has 1 fully saturated rings. The Hall–Kier alpha value is -1.20. The molecule has 0 aliphatic carbocycles. The van der Waals surface area contributed by atoms with Gasteiger partial charge in [0.1, 0.15) is 5.01 Å². The first-order chi connectivity index (χ1) is 11.5. The summed E-state index contributed by atoms with van der Waals surface area (Å²) in [4.78, 5) is 16.3. The number of carbonyl (C=O) groups excluding carboxylic acids is 1. The van der Waals surface area contributed by atoms with Gasteiger partial charge in [0.15, 0.2) is 20.3 Å². The zero-order valence-electron chi connectivity index (χ0n) is 13.8. The first-order valence-corrected chi connectivity index (χ1v) is 10.5. The number of alkyl halides is 3. The second kappa shape index (κ2) is 7.20. The summed E-state index contributed by atoms with van der Waals surface area (Å²) in [5.74, 6) is -0.674. The van der Waals surface area contributed by atoms with Crippen molar-refractivity contribution in [2.24, 2.45) is 0 Å². The lowest BCUT2D eigenvalue weighted by molar-refractivity contribution is -0.140. The molecule has 2 N–H and O–H groups in total. The van der Waals surface area contributed by atoms with Crippen LogP contribution in [0, 0.1) is 0 Å². The molecule has 1 saturated heterocycles. The number of hydrogen-bond acceptors (Lipinski definition) is 6. The van der Waals surface area contributed by atoms with Crippen molar-refractivity contribution < 1.29 is 26.4 Å². The van der Waals surface area contributed by atoms with E-state index in [1.165, 1.54) is 0 Å². The number of sulfone groups is 1. The van der Waals surface area contributed by atoms with Gasteiger partial charge in [0.25, 0.3) is 0 Å². The van der Waals surface area contributed by atoms with Crippen LogP contribution in [0.15, 0.2) is 5.38 Å². The molecule has 1 unspecified atom stereocenters. The van der Waals surface area contributed by atoms with Gasteiger partial charge < -0.3 is 10.6 Å². The zero-order chi connectivity index (χ0) is 18.9. The van der Waals surface area contributed by atoms with Crippen molar-refractivity contribution >= 4 is 27.1 Å². The van der Waals surface area contributed by atoms with Crippen LogP contribution in [0.2, 0.25) is 0 Å². The summed E-state index contributed by atoms with van der Waals surface area (Å²) in [6, 6.07) is -0.762. The highest BCUT2D eigenvalue weighted by molar-refractivity contribution is 7.92. The Balaban J connectivity index is 2.25. The van der Waals surface area contributed by atoms with Crippen LogP contribution in [0.3, 0.4) is 0 Å². The van der Waals surface area contributed by atoms with Gasteiger partial charge >= 0.3 is 6.18 Å². The topological polar surface area (TPSA) is 88.2 Å². The standard InChI is InChI=1S/C14H20F3N3O3S2/c1-3-9(11-20-10(8-24-11)14(15,16)17)19-12(21)13(25(2,22)23)4-6-18-7-5-13/h8-9,18H,3-7H2,1-2H3,(H,19,21). The molecular formula is C14H20F3N3O3S2. The Morgan fingerprint density at radius 3 is 2.48 bits per heavy atom. The molecule has 11 heteroatoms. The van der Waals surface area contributed by atoms with Crippen LogP contribution >= 0.6 is 11.3 Å². The van der Waals surface area contributed by atoms with Crippen LogP contribution in [0.4, 0.5) is 13.2 Å². The molecular weight excluding hydrogens is 379 g/mol. The van der Waals surface area contributed by atoms with Crippen molar-refractivity contribution in [3.05, 3.63) is 16.1 Å². The quantitative estimate of drug-likeness (QED) is 0.790. The summed E-state index contributed by atoms with van der Waals surface area (Å²) in [6.45, 7) is 2.45. The molecule has 142 valence electrons. The smallest absolute Gasteiger partial charge is 0.345 e. The number of nitrogens with zero attached hydrogens (tertiary/aromatic N) is 1. The lowest BCUT2D eigenvalue weighted by Crippen LogP contribution is -2.57. The van der Waals surface area contributed by atoms with E-state index in [4.69, 9.17) is 0 Å². The highest BCUT2D eigenvalue weighted by Gasteiger charge is 2.49. The number of rotatable bonds is 5. The van der Waals surface area contributed by atoms with Crippen LogP contribution in [0.5, 0.6) is 0 Å². The number of halogens is 3. The van der Waals surface area contributed by atoms with E-state index >= 15 is 0 Å². The molecule has 0 bridgehead atoms. The van der Waals surface area contributed by atoms with Gasteiger partial charge in [-0.2, -0.15) is 13.2 Å². The van der Waals surface area contributed by atoms with E-state index in [0.717, 1.165) is 23.0 Å². The molecule has 0 saturated carbocycles. The van der Waals surface area contributed by atoms with Crippen LogP contribution in [0.1, 0.15) is 42.9 Å². The first-order valence-electron chi connectivity index (χ1n) is 7.75. The van der Waals surface area contributed by atoms with Crippen LogP contribution < -0.4 is 10.6 Å². The zero-order valence-corrected chi connectivity index (χ0v) is 15.4. The maximum absolute atomic E-state index is 12.7. The molecule has 2 rings (SSSR count). The number of hydrogen-bond donors (Lipinski definition) is 2. The maximum atomic E-state index is 12.7. The third kappa shape index (κ3) is 4.14. The van der Waals surface area contributed by atoms with Crippen LogP contribution in [-0.2, 0) is 20.8 Å². The average Bonchev–Trinajstić information content (AvgIpc) is 3.02. The lowest BCUT2D eigenvalue weighted by Gasteiger charge is -2.35. The normalized spacial score (nSPS) is 19.4. The van der Waals surface area contributed by atoms with E-state index in [0.29, 0.717) is 19.5 Å². The Kier molecular flexibility index (Phi) is 5.79. The summed E-state index contributed by atoms with van der Waals surface area (Å²) in [5.41, 5.74) is -1.01. The molecule has 1 amide bonds.